The van der Waals surface area contributed by atoms with E-state index in [1.54, 1.807) is 37.6 Å². The lowest BCUT2D eigenvalue weighted by Gasteiger charge is -2.35. The molecule has 1 saturated heterocycles. The Hall–Kier alpha value is -3.35. The van der Waals surface area contributed by atoms with Crippen molar-refractivity contribution in [2.24, 2.45) is 0 Å². The Morgan fingerprint density at radius 3 is 2.55 bits per heavy atom. The number of rotatable bonds is 9. The van der Waals surface area contributed by atoms with Gasteiger partial charge in [-0.1, -0.05) is 11.9 Å². The molecule has 2 aromatic carbocycles. The van der Waals surface area contributed by atoms with Crippen LogP contribution in [-0.4, -0.2) is 78.0 Å². The van der Waals surface area contributed by atoms with E-state index < -0.39 is 0 Å². The van der Waals surface area contributed by atoms with E-state index in [9.17, 15) is 0 Å². The van der Waals surface area contributed by atoms with Crippen molar-refractivity contribution in [2.75, 3.05) is 73.0 Å². The molecule has 4 aromatic rings. The number of hydrogen-bond donors (Lipinski definition) is 2. The number of aromatic nitrogens is 4. The van der Waals surface area contributed by atoms with E-state index >= 15 is 0 Å². The normalized spacial score (nSPS) is 13.9. The Morgan fingerprint density at radius 1 is 1.05 bits per heavy atom. The number of nitrogens with zero attached hydrogens (tertiary/aromatic N) is 7. The van der Waals surface area contributed by atoms with Crippen LogP contribution < -0.4 is 24.6 Å². The topological polar surface area (TPSA) is 94.6 Å². The highest BCUT2D eigenvalue weighted by atomic mass is 79.9. The number of anilines is 6. The minimum atomic E-state index is 0.454. The third kappa shape index (κ3) is 5.89. The van der Waals surface area contributed by atoms with E-state index in [0.717, 1.165) is 71.0 Å². The Kier molecular flexibility index (Phi) is 8.77. The zero-order valence-corrected chi connectivity index (χ0v) is 25.8. The monoisotopic (exact) mass is 623 g/mol. The fourth-order valence-electron chi connectivity index (χ4n) is 4.85. The Balaban J connectivity index is 1.45. The molecule has 0 radical (unpaired) electrons. The van der Waals surface area contributed by atoms with Crippen molar-refractivity contribution in [1.29, 1.82) is 0 Å². The van der Waals surface area contributed by atoms with Gasteiger partial charge in [0, 0.05) is 69.3 Å². The first-order valence-electron chi connectivity index (χ1n) is 13.2. The average molecular weight is 625 g/mol. The molecule has 2 N–H and O–H groups in total. The summed E-state index contributed by atoms with van der Waals surface area (Å²) < 4.78 is 8.71. The molecule has 1 fully saturated rings. The predicted molar refractivity (Wildman–Crippen MR) is 170 cm³/mol. The second-order valence-electron chi connectivity index (χ2n) is 9.53. The second-order valence-corrected chi connectivity index (χ2v) is 11.2. The first kappa shape index (κ1) is 28.2. The number of halogens is 1. The molecule has 210 valence electrons. The average Bonchev–Trinajstić information content (AvgIpc) is 2.97. The van der Waals surface area contributed by atoms with Gasteiger partial charge in [-0.25, -0.2) is 4.98 Å². The number of likely N-dealkylation sites (N-methyl/N-ethyl adjacent to an activating group) is 1. The molecule has 0 unspecified atom stereocenters. The van der Waals surface area contributed by atoms with Crippen LogP contribution in [-0.2, 0) is 0 Å². The van der Waals surface area contributed by atoms with Gasteiger partial charge in [0.25, 0.3) is 0 Å². The van der Waals surface area contributed by atoms with Gasteiger partial charge in [-0.2, -0.15) is 4.98 Å². The molecule has 3 heterocycles. The summed E-state index contributed by atoms with van der Waals surface area (Å²) in [7, 11) is 3.85. The van der Waals surface area contributed by atoms with Gasteiger partial charge >= 0.3 is 0 Å². The maximum atomic E-state index is 5.78. The molecular formula is C28H34BrN9OS. The van der Waals surface area contributed by atoms with Crippen LogP contribution in [0.3, 0.4) is 0 Å². The van der Waals surface area contributed by atoms with E-state index in [0.29, 0.717) is 11.8 Å². The van der Waals surface area contributed by atoms with E-state index in [2.05, 4.69) is 94.9 Å². The maximum Gasteiger partial charge on any atom is 0.229 e. The molecule has 0 amide bonds. The highest BCUT2D eigenvalue weighted by molar-refractivity contribution is 9.10. The van der Waals surface area contributed by atoms with Crippen LogP contribution in [0.4, 0.5) is 34.5 Å². The predicted octanol–water partition coefficient (Wildman–Crippen LogP) is 5.84. The summed E-state index contributed by atoms with van der Waals surface area (Å²) in [4.78, 5) is 23.2. The molecule has 0 saturated carbocycles. The van der Waals surface area contributed by atoms with Crippen LogP contribution in [0.1, 0.15) is 12.5 Å². The van der Waals surface area contributed by atoms with Crippen molar-refractivity contribution in [3.63, 3.8) is 0 Å². The lowest BCUT2D eigenvalue weighted by atomic mass is 10.1. The highest BCUT2D eigenvalue weighted by Gasteiger charge is 2.20. The number of methoxy groups -OCH3 is 1. The minimum Gasteiger partial charge on any atom is -0.494 e. The molecule has 0 bridgehead atoms. The maximum absolute atomic E-state index is 5.78. The molecule has 40 heavy (non-hydrogen) atoms. The fraction of sp³-hybridized carbons (Fsp3) is 0.357. The molecule has 0 aliphatic carbocycles. The zero-order valence-electron chi connectivity index (χ0n) is 23.4. The molecule has 1 aliphatic heterocycles. The van der Waals surface area contributed by atoms with Crippen molar-refractivity contribution in [1.82, 2.24) is 24.8 Å². The molecule has 0 atom stereocenters. The van der Waals surface area contributed by atoms with Gasteiger partial charge in [0.05, 0.1) is 34.2 Å². The van der Waals surface area contributed by atoms with Crippen molar-refractivity contribution in [3.8, 4) is 5.75 Å². The summed E-state index contributed by atoms with van der Waals surface area (Å²) in [6, 6.07) is 8.18. The van der Waals surface area contributed by atoms with Crippen LogP contribution in [0, 0.1) is 6.92 Å². The number of aryl methyl sites for hydroxylation is 1. The van der Waals surface area contributed by atoms with Crippen LogP contribution in [0.5, 0.6) is 5.75 Å². The van der Waals surface area contributed by atoms with Gasteiger partial charge in [-0.15, -0.1) is 0 Å². The molecule has 0 spiro atoms. The molecule has 2 aromatic heterocycles. The molecule has 1 aliphatic rings. The summed E-state index contributed by atoms with van der Waals surface area (Å²) in [6.07, 6.45) is 7.22. The third-order valence-corrected chi connectivity index (χ3v) is 8.44. The summed E-state index contributed by atoms with van der Waals surface area (Å²) >= 11 is 5.26. The summed E-state index contributed by atoms with van der Waals surface area (Å²) in [5.74, 6) is 1.83. The number of fused-ring (bicyclic) bond motifs is 1. The molecule has 12 heteroatoms. The summed E-state index contributed by atoms with van der Waals surface area (Å²) in [5, 5.41) is 6.87. The lowest BCUT2D eigenvalue weighted by molar-refractivity contribution is 0.312. The van der Waals surface area contributed by atoms with Crippen molar-refractivity contribution < 1.29 is 4.74 Å². The summed E-state index contributed by atoms with van der Waals surface area (Å²) in [6.45, 7) is 9.11. The van der Waals surface area contributed by atoms with Crippen molar-refractivity contribution >= 4 is 73.4 Å². The van der Waals surface area contributed by atoms with Gasteiger partial charge in [-0.3, -0.25) is 9.97 Å². The van der Waals surface area contributed by atoms with Crippen LogP contribution in [0.2, 0.25) is 0 Å². The number of piperazine rings is 1. The van der Waals surface area contributed by atoms with Gasteiger partial charge < -0.3 is 29.5 Å². The van der Waals surface area contributed by atoms with Crippen molar-refractivity contribution in [3.05, 3.63) is 52.9 Å². The first-order valence-corrected chi connectivity index (χ1v) is 15.1. The molecular weight excluding hydrogens is 590 g/mol. The van der Waals surface area contributed by atoms with E-state index in [4.69, 9.17) is 9.72 Å². The van der Waals surface area contributed by atoms with E-state index in [1.807, 2.05) is 12.1 Å². The van der Waals surface area contributed by atoms with Gasteiger partial charge in [0.2, 0.25) is 5.95 Å². The Labute approximate surface area is 247 Å². The van der Waals surface area contributed by atoms with Gasteiger partial charge in [-0.05, 0) is 60.6 Å². The minimum absolute atomic E-state index is 0.454. The third-order valence-electron chi connectivity index (χ3n) is 6.98. The van der Waals surface area contributed by atoms with Crippen LogP contribution in [0.25, 0.3) is 11.0 Å². The number of benzene rings is 2. The number of hydrogen-bond acceptors (Lipinski definition) is 11. The molecule has 5 rings (SSSR count). The van der Waals surface area contributed by atoms with Crippen LogP contribution >= 0.6 is 27.9 Å². The quantitative estimate of drug-likeness (QED) is 0.220. The van der Waals surface area contributed by atoms with Gasteiger partial charge in [0.15, 0.2) is 0 Å². The van der Waals surface area contributed by atoms with E-state index in [1.165, 1.54) is 11.3 Å². The number of nitrogens with one attached hydrogen (secondary N) is 2. The Morgan fingerprint density at radius 2 is 1.82 bits per heavy atom. The smallest absolute Gasteiger partial charge is 0.229 e. The SMILES string of the molecule is CCN(SC)c1c(Nc2nc(Nc3cc(C)c(N4CCN(C)CC4)cc3OC)ncc2Br)ccc2nccnc12. The lowest BCUT2D eigenvalue weighted by Crippen LogP contribution is -2.44. The fourth-order valence-corrected chi connectivity index (χ4v) is 5.76. The number of ether oxygens (including phenoxy) is 1. The van der Waals surface area contributed by atoms with E-state index in [-0.39, 0.29) is 0 Å². The Bertz CT molecular complexity index is 1490. The largest absolute Gasteiger partial charge is 0.494 e. The standard InChI is InChI=1S/C28H34BrN9OS/c1-6-38(40-5)26-21(8-7-20-25(26)31-10-9-30-20)33-27-19(29)17-32-28(35-27)34-22-15-18(2)23(16-24(22)39-4)37-13-11-36(3)12-14-37/h7-10,15-17H,6,11-14H2,1-5H3,(H2,32,33,34,35). The second kappa shape index (κ2) is 12.4. The highest BCUT2D eigenvalue weighted by Crippen LogP contribution is 2.39. The summed E-state index contributed by atoms with van der Waals surface area (Å²) in [5.41, 5.74) is 6.66. The zero-order chi connectivity index (χ0) is 28.2. The van der Waals surface area contributed by atoms with Crippen molar-refractivity contribution in [2.45, 2.75) is 13.8 Å². The molecule has 10 nitrogen and oxygen atoms in total. The van der Waals surface area contributed by atoms with Gasteiger partial charge in [0.1, 0.15) is 17.1 Å². The van der Waals surface area contributed by atoms with Crippen LogP contribution in [0.15, 0.2) is 47.3 Å². The first-order chi connectivity index (χ1) is 19.4.